The first-order valence-corrected chi connectivity index (χ1v) is 4.12. The first-order valence-electron chi connectivity index (χ1n) is 4.12. The highest BCUT2D eigenvalue weighted by Gasteiger charge is 2.20. The number of aromatic carboxylic acids is 1. The zero-order valence-corrected chi connectivity index (χ0v) is 8.25. The van der Waals surface area contributed by atoms with E-state index < -0.39 is 5.97 Å². The molecule has 0 aliphatic heterocycles. The van der Waals surface area contributed by atoms with Crippen LogP contribution in [0.3, 0.4) is 0 Å². The molecule has 1 aromatic rings. The van der Waals surface area contributed by atoms with Crippen LogP contribution in [0, 0.1) is 20.8 Å². The average molecular weight is 196 g/mol. The number of aromatic hydroxyl groups is 2. The summed E-state index contributed by atoms with van der Waals surface area (Å²) in [6.45, 7) is 4.66. The normalized spacial score (nSPS) is 10.2. The molecule has 4 nitrogen and oxygen atoms in total. The molecular weight excluding hydrogens is 184 g/mol. The Hall–Kier alpha value is -1.71. The monoisotopic (exact) mass is 196 g/mol. The third-order valence-electron chi connectivity index (χ3n) is 2.45. The molecule has 3 N–H and O–H groups in total. The molecule has 0 aliphatic carbocycles. The summed E-state index contributed by atoms with van der Waals surface area (Å²) in [5.74, 6) is -1.58. The van der Waals surface area contributed by atoms with Crippen LogP contribution in [0.5, 0.6) is 11.5 Å². The van der Waals surface area contributed by atoms with E-state index in [1.54, 1.807) is 13.8 Å². The highest BCUT2D eigenvalue weighted by Crippen LogP contribution is 2.35. The Labute approximate surface area is 81.4 Å². The second kappa shape index (κ2) is 3.21. The minimum absolute atomic E-state index is 0.0716. The first kappa shape index (κ1) is 10.4. The fraction of sp³-hybridized carbons (Fsp3) is 0.300. The van der Waals surface area contributed by atoms with Gasteiger partial charge in [0.15, 0.2) is 0 Å². The minimum Gasteiger partial charge on any atom is -0.507 e. The van der Waals surface area contributed by atoms with E-state index >= 15 is 0 Å². The summed E-state index contributed by atoms with van der Waals surface area (Å²) in [4.78, 5) is 10.8. The molecule has 0 bridgehead atoms. The lowest BCUT2D eigenvalue weighted by atomic mass is 9.97. The number of carboxylic acid groups (broad SMARTS) is 1. The Morgan fingerprint density at radius 3 is 1.79 bits per heavy atom. The van der Waals surface area contributed by atoms with Gasteiger partial charge >= 0.3 is 5.97 Å². The summed E-state index contributed by atoms with van der Waals surface area (Å²) in [5.41, 5.74) is 0.860. The van der Waals surface area contributed by atoms with Gasteiger partial charge < -0.3 is 15.3 Å². The Bertz CT molecular complexity index is 378. The highest BCUT2D eigenvalue weighted by molar-refractivity contribution is 5.94. The maximum absolute atomic E-state index is 10.8. The van der Waals surface area contributed by atoms with Crippen molar-refractivity contribution in [2.75, 3.05) is 0 Å². The number of phenolic OH excluding ortho intramolecular Hbond substituents is 1. The fourth-order valence-corrected chi connectivity index (χ4v) is 1.38. The first-order chi connectivity index (χ1) is 6.37. The van der Waals surface area contributed by atoms with Gasteiger partial charge in [-0.2, -0.15) is 0 Å². The molecule has 0 amide bonds. The molecule has 14 heavy (non-hydrogen) atoms. The third kappa shape index (κ3) is 1.28. The molecule has 0 aromatic heterocycles. The molecular formula is C10H12O4. The van der Waals surface area contributed by atoms with Crippen LogP contribution in [-0.2, 0) is 0 Å². The lowest BCUT2D eigenvalue weighted by molar-refractivity contribution is 0.0692. The smallest absolute Gasteiger partial charge is 0.339 e. The van der Waals surface area contributed by atoms with Crippen LogP contribution >= 0.6 is 0 Å². The van der Waals surface area contributed by atoms with Gasteiger partial charge in [0.2, 0.25) is 0 Å². The van der Waals surface area contributed by atoms with Crippen molar-refractivity contribution < 1.29 is 20.1 Å². The standard InChI is InChI=1S/C10H12O4/c1-4-5(2)9(12)7(10(13)14)6(3)8(4)11/h11-12H,1-3H3,(H,13,14). The Kier molecular flexibility index (Phi) is 2.38. The molecule has 0 aliphatic rings. The number of hydrogen-bond donors (Lipinski definition) is 3. The van der Waals surface area contributed by atoms with E-state index in [2.05, 4.69) is 0 Å². The molecule has 0 fully saturated rings. The minimum atomic E-state index is -1.24. The zero-order chi connectivity index (χ0) is 11.0. The largest absolute Gasteiger partial charge is 0.507 e. The van der Waals surface area contributed by atoms with Crippen LogP contribution in [0.2, 0.25) is 0 Å². The lowest BCUT2D eigenvalue weighted by Crippen LogP contribution is -2.03. The molecule has 1 aromatic carbocycles. The summed E-state index contributed by atoms with van der Waals surface area (Å²) in [6, 6.07) is 0. The van der Waals surface area contributed by atoms with Gasteiger partial charge in [-0.25, -0.2) is 4.79 Å². The van der Waals surface area contributed by atoms with Crippen molar-refractivity contribution in [3.63, 3.8) is 0 Å². The van der Waals surface area contributed by atoms with Crippen molar-refractivity contribution in [2.24, 2.45) is 0 Å². The molecule has 1 rings (SSSR count). The quantitative estimate of drug-likeness (QED) is 0.597. The van der Waals surface area contributed by atoms with E-state index in [-0.39, 0.29) is 22.6 Å². The van der Waals surface area contributed by atoms with Crippen molar-refractivity contribution in [3.8, 4) is 11.5 Å². The molecule has 0 saturated carbocycles. The average Bonchev–Trinajstić information content (AvgIpc) is 2.11. The predicted octanol–water partition coefficient (Wildman–Crippen LogP) is 1.72. The summed E-state index contributed by atoms with van der Waals surface area (Å²) in [5, 5.41) is 27.9. The van der Waals surface area contributed by atoms with Gasteiger partial charge in [0.1, 0.15) is 17.1 Å². The van der Waals surface area contributed by atoms with Crippen molar-refractivity contribution in [1.82, 2.24) is 0 Å². The predicted molar refractivity (Wildman–Crippen MR) is 50.9 cm³/mol. The molecule has 0 saturated heterocycles. The van der Waals surface area contributed by atoms with Gasteiger partial charge in [0, 0.05) is 5.56 Å². The van der Waals surface area contributed by atoms with E-state index in [4.69, 9.17) is 5.11 Å². The summed E-state index contributed by atoms with van der Waals surface area (Å²) in [7, 11) is 0. The summed E-state index contributed by atoms with van der Waals surface area (Å²) >= 11 is 0. The van der Waals surface area contributed by atoms with Crippen LogP contribution in [0.25, 0.3) is 0 Å². The molecule has 0 atom stereocenters. The van der Waals surface area contributed by atoms with Crippen LogP contribution in [-0.4, -0.2) is 21.3 Å². The van der Waals surface area contributed by atoms with Gasteiger partial charge in [-0.05, 0) is 31.9 Å². The van der Waals surface area contributed by atoms with Gasteiger partial charge in [-0.3, -0.25) is 0 Å². The van der Waals surface area contributed by atoms with E-state index in [0.717, 1.165) is 0 Å². The number of hydrogen-bond acceptors (Lipinski definition) is 3. The molecule has 4 heteroatoms. The highest BCUT2D eigenvalue weighted by atomic mass is 16.4. The number of carbonyl (C=O) groups is 1. The number of rotatable bonds is 1. The van der Waals surface area contributed by atoms with Crippen LogP contribution < -0.4 is 0 Å². The molecule has 0 heterocycles. The maximum atomic E-state index is 10.8. The topological polar surface area (TPSA) is 77.8 Å². The number of carboxylic acids is 1. The fourth-order valence-electron chi connectivity index (χ4n) is 1.38. The molecule has 0 radical (unpaired) electrons. The second-order valence-electron chi connectivity index (χ2n) is 3.25. The van der Waals surface area contributed by atoms with Crippen molar-refractivity contribution in [3.05, 3.63) is 22.3 Å². The SMILES string of the molecule is Cc1c(C)c(O)c(C(=O)O)c(C)c1O. The van der Waals surface area contributed by atoms with Crippen LogP contribution in [0.1, 0.15) is 27.0 Å². The van der Waals surface area contributed by atoms with Crippen molar-refractivity contribution >= 4 is 5.97 Å². The van der Waals surface area contributed by atoms with E-state index in [9.17, 15) is 15.0 Å². The van der Waals surface area contributed by atoms with Gasteiger partial charge in [-0.1, -0.05) is 0 Å². The van der Waals surface area contributed by atoms with Crippen molar-refractivity contribution in [1.29, 1.82) is 0 Å². The van der Waals surface area contributed by atoms with E-state index in [0.29, 0.717) is 11.1 Å². The maximum Gasteiger partial charge on any atom is 0.339 e. The Morgan fingerprint density at radius 2 is 1.36 bits per heavy atom. The van der Waals surface area contributed by atoms with Crippen LogP contribution in [0.4, 0.5) is 0 Å². The molecule has 0 spiro atoms. The third-order valence-corrected chi connectivity index (χ3v) is 2.45. The van der Waals surface area contributed by atoms with Crippen molar-refractivity contribution in [2.45, 2.75) is 20.8 Å². The van der Waals surface area contributed by atoms with Gasteiger partial charge in [-0.15, -0.1) is 0 Å². The zero-order valence-electron chi connectivity index (χ0n) is 8.25. The number of phenols is 2. The Balaban J connectivity index is 3.68. The van der Waals surface area contributed by atoms with E-state index in [1.807, 2.05) is 0 Å². The summed E-state index contributed by atoms with van der Waals surface area (Å²) < 4.78 is 0. The molecule has 0 unspecified atom stereocenters. The lowest BCUT2D eigenvalue weighted by Gasteiger charge is -2.12. The summed E-state index contributed by atoms with van der Waals surface area (Å²) in [6.07, 6.45) is 0. The second-order valence-corrected chi connectivity index (χ2v) is 3.25. The molecule has 76 valence electrons. The number of benzene rings is 1. The van der Waals surface area contributed by atoms with E-state index in [1.165, 1.54) is 6.92 Å². The van der Waals surface area contributed by atoms with Gasteiger partial charge in [0.05, 0.1) is 0 Å². The van der Waals surface area contributed by atoms with Crippen LogP contribution in [0.15, 0.2) is 0 Å². The van der Waals surface area contributed by atoms with Gasteiger partial charge in [0.25, 0.3) is 0 Å². The Morgan fingerprint density at radius 1 is 0.929 bits per heavy atom.